The summed E-state index contributed by atoms with van der Waals surface area (Å²) in [6.07, 6.45) is 35.6. The molecule has 0 aromatic rings. The van der Waals surface area contributed by atoms with Crippen LogP contribution in [-0.2, 0) is 0 Å². The Morgan fingerprint density at radius 1 is 0.452 bits per heavy atom. The summed E-state index contributed by atoms with van der Waals surface area (Å²) >= 11 is 0. The van der Waals surface area contributed by atoms with Gasteiger partial charge in [0.1, 0.15) is 0 Å². The van der Waals surface area contributed by atoms with Gasteiger partial charge < -0.3 is 0 Å². The highest BCUT2D eigenvalue weighted by molar-refractivity contribution is 4.94. The van der Waals surface area contributed by atoms with E-state index in [9.17, 15) is 0 Å². The van der Waals surface area contributed by atoms with Crippen LogP contribution in [0.25, 0.3) is 0 Å². The molecule has 0 amide bonds. The fourth-order valence-corrected chi connectivity index (χ4v) is 4.87. The molecule has 0 saturated carbocycles. The van der Waals surface area contributed by atoms with Crippen molar-refractivity contribution in [3.63, 3.8) is 0 Å². The zero-order valence-electron chi connectivity index (χ0n) is 22.5. The van der Waals surface area contributed by atoms with Crippen LogP contribution in [0.3, 0.4) is 0 Å². The largest absolute Gasteiger partial charge is 0.0999 e. The monoisotopic (exact) mass is 434 g/mol. The Morgan fingerprint density at radius 3 is 1.26 bits per heavy atom. The second-order valence-electron chi connectivity index (χ2n) is 10.5. The second-order valence-corrected chi connectivity index (χ2v) is 10.5. The van der Waals surface area contributed by atoms with Crippen LogP contribution in [0.1, 0.15) is 181 Å². The Hall–Kier alpha value is -0.260. The summed E-state index contributed by atoms with van der Waals surface area (Å²) in [4.78, 5) is 0. The van der Waals surface area contributed by atoms with E-state index in [-0.39, 0.29) is 0 Å². The summed E-state index contributed by atoms with van der Waals surface area (Å²) in [5, 5.41) is 0. The zero-order valence-corrected chi connectivity index (χ0v) is 22.5. The van der Waals surface area contributed by atoms with Crippen LogP contribution in [0, 0.1) is 5.92 Å². The molecule has 0 aliphatic rings. The van der Waals surface area contributed by atoms with Gasteiger partial charge >= 0.3 is 0 Å². The molecule has 1 atom stereocenters. The van der Waals surface area contributed by atoms with Crippen molar-refractivity contribution < 1.29 is 0 Å². The van der Waals surface area contributed by atoms with E-state index in [1.807, 2.05) is 0 Å². The Bertz CT molecular complexity index is 342. The molecule has 0 radical (unpaired) electrons. The molecule has 31 heavy (non-hydrogen) atoms. The molecule has 186 valence electrons. The maximum Gasteiger partial charge on any atom is -0.0320 e. The van der Waals surface area contributed by atoms with Gasteiger partial charge in [-0.2, -0.15) is 0 Å². The summed E-state index contributed by atoms with van der Waals surface area (Å²) < 4.78 is 0. The van der Waals surface area contributed by atoms with E-state index in [1.165, 1.54) is 166 Å². The third kappa shape index (κ3) is 24.2. The van der Waals surface area contributed by atoms with Crippen molar-refractivity contribution in [1.29, 1.82) is 0 Å². The normalized spacial score (nSPS) is 12.4. The van der Waals surface area contributed by atoms with E-state index in [0.29, 0.717) is 0 Å². The summed E-state index contributed by atoms with van der Waals surface area (Å²) in [6, 6.07) is 0. The van der Waals surface area contributed by atoms with Crippen molar-refractivity contribution in [3.05, 3.63) is 12.2 Å². The number of rotatable bonds is 26. The van der Waals surface area contributed by atoms with Gasteiger partial charge in [-0.25, -0.2) is 0 Å². The topological polar surface area (TPSA) is 0 Å². The molecule has 0 rings (SSSR count). The van der Waals surface area contributed by atoms with E-state index < -0.39 is 0 Å². The zero-order chi connectivity index (χ0) is 22.8. The third-order valence-corrected chi connectivity index (χ3v) is 7.33. The lowest BCUT2D eigenvalue weighted by molar-refractivity contribution is 0.409. The Morgan fingerprint density at radius 2 is 0.839 bits per heavy atom. The molecule has 0 heteroatoms. The smallest absolute Gasteiger partial charge is 0.0320 e. The number of hydrogen-bond donors (Lipinski definition) is 0. The Balaban J connectivity index is 3.43. The highest BCUT2D eigenvalue weighted by Crippen LogP contribution is 2.24. The van der Waals surface area contributed by atoms with E-state index in [0.717, 1.165) is 5.92 Å². The first-order valence-corrected chi connectivity index (χ1v) is 14.9. The van der Waals surface area contributed by atoms with Crippen molar-refractivity contribution in [1.82, 2.24) is 0 Å². The Labute approximate surface area is 199 Å². The standard InChI is InChI=1S/C31H62/c1-5-8-10-12-14-16-17-18-19-21-23-25-27-31(7-3)29-28-30(4)26-24-22-20-15-13-11-9-6-2/h31H,4-29H2,1-3H3. The molecule has 0 nitrogen and oxygen atoms in total. The van der Waals surface area contributed by atoms with E-state index >= 15 is 0 Å². The molecule has 0 spiro atoms. The van der Waals surface area contributed by atoms with Gasteiger partial charge in [0.25, 0.3) is 0 Å². The van der Waals surface area contributed by atoms with Crippen LogP contribution in [0.15, 0.2) is 12.2 Å². The third-order valence-electron chi connectivity index (χ3n) is 7.33. The average Bonchev–Trinajstić information content (AvgIpc) is 2.78. The maximum absolute atomic E-state index is 4.39. The van der Waals surface area contributed by atoms with E-state index in [2.05, 4.69) is 27.4 Å². The van der Waals surface area contributed by atoms with Gasteiger partial charge in [-0.1, -0.05) is 168 Å². The van der Waals surface area contributed by atoms with Gasteiger partial charge in [0.2, 0.25) is 0 Å². The fourth-order valence-electron chi connectivity index (χ4n) is 4.87. The quantitative estimate of drug-likeness (QED) is 0.0937. The molecule has 0 aromatic carbocycles. The first kappa shape index (κ1) is 30.7. The van der Waals surface area contributed by atoms with Gasteiger partial charge in [-0.3, -0.25) is 0 Å². The summed E-state index contributed by atoms with van der Waals surface area (Å²) in [7, 11) is 0. The predicted molar refractivity (Wildman–Crippen MR) is 145 cm³/mol. The van der Waals surface area contributed by atoms with E-state index in [4.69, 9.17) is 0 Å². The van der Waals surface area contributed by atoms with Crippen LogP contribution < -0.4 is 0 Å². The molecule has 0 saturated heterocycles. The van der Waals surface area contributed by atoms with Gasteiger partial charge in [-0.15, -0.1) is 0 Å². The molecule has 0 aliphatic carbocycles. The van der Waals surface area contributed by atoms with Crippen LogP contribution in [0.5, 0.6) is 0 Å². The van der Waals surface area contributed by atoms with Gasteiger partial charge in [0.15, 0.2) is 0 Å². The molecule has 0 heterocycles. The van der Waals surface area contributed by atoms with Crippen LogP contribution in [0.4, 0.5) is 0 Å². The van der Waals surface area contributed by atoms with Crippen LogP contribution >= 0.6 is 0 Å². The molecular weight excluding hydrogens is 372 g/mol. The molecule has 0 N–H and O–H groups in total. The number of allylic oxidation sites excluding steroid dienone is 1. The van der Waals surface area contributed by atoms with Crippen molar-refractivity contribution in [3.8, 4) is 0 Å². The lowest BCUT2D eigenvalue weighted by Crippen LogP contribution is -2.00. The van der Waals surface area contributed by atoms with Crippen LogP contribution in [0.2, 0.25) is 0 Å². The lowest BCUT2D eigenvalue weighted by Gasteiger charge is -2.15. The highest BCUT2D eigenvalue weighted by Gasteiger charge is 2.07. The molecule has 0 aliphatic heterocycles. The first-order valence-electron chi connectivity index (χ1n) is 14.9. The van der Waals surface area contributed by atoms with Crippen molar-refractivity contribution >= 4 is 0 Å². The minimum Gasteiger partial charge on any atom is -0.0999 e. The van der Waals surface area contributed by atoms with Crippen molar-refractivity contribution in [2.24, 2.45) is 5.92 Å². The minimum absolute atomic E-state index is 0.943. The minimum atomic E-state index is 0.943. The molecule has 0 aromatic heterocycles. The van der Waals surface area contributed by atoms with E-state index in [1.54, 1.807) is 0 Å². The second kappa shape index (κ2) is 26.0. The first-order chi connectivity index (χ1) is 15.2. The summed E-state index contributed by atoms with van der Waals surface area (Å²) in [5.41, 5.74) is 1.53. The van der Waals surface area contributed by atoms with Crippen molar-refractivity contribution in [2.45, 2.75) is 181 Å². The number of hydrogen-bond acceptors (Lipinski definition) is 0. The molecule has 0 fully saturated rings. The highest BCUT2D eigenvalue weighted by atomic mass is 14.1. The van der Waals surface area contributed by atoms with Gasteiger partial charge in [0.05, 0.1) is 0 Å². The van der Waals surface area contributed by atoms with Crippen LogP contribution in [-0.4, -0.2) is 0 Å². The molecular formula is C31H62. The lowest BCUT2D eigenvalue weighted by atomic mass is 9.91. The summed E-state index contributed by atoms with van der Waals surface area (Å²) in [5.74, 6) is 0.943. The maximum atomic E-state index is 4.39. The van der Waals surface area contributed by atoms with Gasteiger partial charge in [0, 0.05) is 0 Å². The SMILES string of the molecule is C=C(CCCCCCCCCC)CCC(CC)CCCCCCCCCCCCCC. The predicted octanol–water partition coefficient (Wildman–Crippen LogP) is 12.0. The average molecular weight is 435 g/mol. The fraction of sp³-hybridized carbons (Fsp3) is 0.935. The van der Waals surface area contributed by atoms with Crippen molar-refractivity contribution in [2.75, 3.05) is 0 Å². The molecule has 0 bridgehead atoms. The Kier molecular flexibility index (Phi) is 25.8. The molecule has 1 unspecified atom stereocenters. The van der Waals surface area contributed by atoms with Gasteiger partial charge in [-0.05, 0) is 31.6 Å². The summed E-state index contributed by atoms with van der Waals surface area (Å²) in [6.45, 7) is 11.4. The number of unbranched alkanes of at least 4 members (excludes halogenated alkanes) is 18.